The van der Waals surface area contributed by atoms with Crippen molar-refractivity contribution in [2.24, 2.45) is 5.41 Å². The van der Waals surface area contributed by atoms with Crippen molar-refractivity contribution in [3.63, 3.8) is 0 Å². The van der Waals surface area contributed by atoms with Crippen LogP contribution < -0.4 is 31.3 Å². The van der Waals surface area contributed by atoms with Gasteiger partial charge in [0.2, 0.25) is 17.7 Å². The van der Waals surface area contributed by atoms with Crippen LogP contribution in [0.15, 0.2) is 76.8 Å². The van der Waals surface area contributed by atoms with Crippen molar-refractivity contribution >= 4 is 52.7 Å². The quantitative estimate of drug-likeness (QED) is 0.0402. The van der Waals surface area contributed by atoms with E-state index in [-0.39, 0.29) is 105 Å². The lowest BCUT2D eigenvalue weighted by Gasteiger charge is -2.35. The van der Waals surface area contributed by atoms with Crippen LogP contribution in [-0.4, -0.2) is 135 Å². The molecule has 1 saturated carbocycles. The zero-order chi connectivity index (χ0) is 56.6. The van der Waals surface area contributed by atoms with Crippen molar-refractivity contribution < 1.29 is 57.4 Å². The number of alkyl halides is 1. The molecule has 3 heterocycles. The highest BCUT2D eigenvalue weighted by molar-refractivity contribution is 7.13. The van der Waals surface area contributed by atoms with Crippen LogP contribution in [0, 0.1) is 12.3 Å². The molecule has 8 rings (SSSR count). The number of nitrogens with one attached hydrogen (secondary N) is 5. The van der Waals surface area contributed by atoms with Gasteiger partial charge in [-0.2, -0.15) is 0 Å². The van der Waals surface area contributed by atoms with Gasteiger partial charge < -0.3 is 55.9 Å². The molecule has 0 bridgehead atoms. The van der Waals surface area contributed by atoms with Crippen molar-refractivity contribution in [1.82, 2.24) is 46.5 Å². The van der Waals surface area contributed by atoms with Gasteiger partial charge in [0.1, 0.15) is 23.6 Å². The van der Waals surface area contributed by atoms with Gasteiger partial charge in [-0.05, 0) is 85.8 Å². The number of ether oxygens (including phenoxy) is 1. The van der Waals surface area contributed by atoms with E-state index in [9.17, 15) is 48.2 Å². The molecule has 3 aromatic carbocycles. The van der Waals surface area contributed by atoms with E-state index >= 15 is 0 Å². The number of fused-ring (bicyclic) bond motifs is 1. The highest BCUT2D eigenvalue weighted by Gasteiger charge is 2.53. The number of aliphatic hydroxyl groups excluding tert-OH is 1. The Morgan fingerprint density at radius 1 is 0.949 bits per heavy atom. The first-order valence-electron chi connectivity index (χ1n) is 26.6. The zero-order valence-corrected chi connectivity index (χ0v) is 45.8. The first kappa shape index (κ1) is 57.5. The maximum Gasteiger partial charge on any atom is 0.273 e. The molecule has 79 heavy (non-hydrogen) atoms. The molecule has 2 aromatic heterocycles. The molecule has 4 atom stereocenters. The van der Waals surface area contributed by atoms with Crippen LogP contribution in [0.4, 0.5) is 4.39 Å². The Labute approximate surface area is 461 Å². The van der Waals surface area contributed by atoms with Gasteiger partial charge in [0.25, 0.3) is 23.6 Å². The minimum absolute atomic E-state index is 0.0418. The molecule has 5 aromatic rings. The number of hydrogen-bond acceptors (Lipinski definition) is 14. The zero-order valence-electron chi connectivity index (χ0n) is 45.0. The number of halogens is 1. The number of unbranched alkanes of at least 4 members (excludes halogenated alkanes) is 2. The van der Waals surface area contributed by atoms with Gasteiger partial charge in [-0.1, -0.05) is 74.8 Å². The number of likely N-dealkylation sites (tertiary alicyclic amines) is 1. The average Bonchev–Trinajstić information content (AvgIpc) is 3.91. The van der Waals surface area contributed by atoms with E-state index in [2.05, 4.69) is 42.8 Å². The van der Waals surface area contributed by atoms with Gasteiger partial charge in [-0.15, -0.1) is 11.3 Å². The number of aromatic hydroxyl groups is 1. The average molecular weight is 1110 g/mol. The summed E-state index contributed by atoms with van der Waals surface area (Å²) in [6.45, 7) is 7.21. The molecule has 1 unspecified atom stereocenters. The number of aromatic nitrogens is 2. The predicted octanol–water partition coefficient (Wildman–Crippen LogP) is 5.45. The van der Waals surface area contributed by atoms with Crippen molar-refractivity contribution in [3.05, 3.63) is 106 Å². The number of amides is 7. The standard InChI is InChI=1S/C57H68FN9O11S/c1-33-49(79-32-62-33)36-14-15-37(29-61-52(73)43-27-38(68)30-67(43)54(75)50(56(2,3)4)64-55(76)57(58)20-21-57)45(26-36)77-31-48(71)59-22-10-6-7-13-47(70)60-23-24-66(5)53(74)40-18-16-35(25-44(40)69)46-28-42(65-78-46)51(72)63-41-19-17-34-11-8-9-12-39(34)41/h8-9,11-12,14-16,18,25-26,28,32,38,41,43,50,68-69H,6-7,10,13,17,19-24,27,29-31H2,1-5H3,(H,59,71)(H,60,70)(H,61,73)(H,63,72)(H,64,76)/t38-,41-,43+,50?/m1/s1. The Morgan fingerprint density at radius 3 is 2.44 bits per heavy atom. The van der Waals surface area contributed by atoms with Crippen LogP contribution in [0.1, 0.15) is 121 Å². The molecule has 22 heteroatoms. The number of carbonyl (C=O) groups excluding carboxylic acids is 7. The van der Waals surface area contributed by atoms with Crippen LogP contribution in [0.25, 0.3) is 21.8 Å². The number of likely N-dealkylation sites (N-methyl/N-ethyl adjacent to an activating group) is 1. The summed E-state index contributed by atoms with van der Waals surface area (Å²) in [5.41, 5.74) is 3.86. The van der Waals surface area contributed by atoms with Gasteiger partial charge in [0, 0.05) is 69.8 Å². The maximum absolute atomic E-state index is 14.7. The largest absolute Gasteiger partial charge is 0.507 e. The lowest BCUT2D eigenvalue weighted by atomic mass is 9.85. The van der Waals surface area contributed by atoms with Crippen molar-refractivity contribution in [1.29, 1.82) is 0 Å². The summed E-state index contributed by atoms with van der Waals surface area (Å²) >= 11 is 1.44. The number of thiazole rings is 1. The number of aliphatic hydroxyl groups is 1. The monoisotopic (exact) mass is 1110 g/mol. The fraction of sp³-hybridized carbons (Fsp3) is 0.456. The summed E-state index contributed by atoms with van der Waals surface area (Å²) in [7, 11) is 1.56. The van der Waals surface area contributed by atoms with Crippen LogP contribution in [0.2, 0.25) is 0 Å². The first-order valence-corrected chi connectivity index (χ1v) is 27.5. The minimum Gasteiger partial charge on any atom is -0.507 e. The molecule has 0 radical (unpaired) electrons. The fourth-order valence-electron chi connectivity index (χ4n) is 9.66. The third kappa shape index (κ3) is 14.3. The summed E-state index contributed by atoms with van der Waals surface area (Å²) in [5, 5.41) is 39.5. The molecule has 1 saturated heterocycles. The Balaban J connectivity index is 0.742. The molecule has 20 nitrogen and oxygen atoms in total. The number of β-amino-alcohol motifs (C(OH)–C–C–N with tert-alkyl or cyclic N) is 1. The number of rotatable bonds is 23. The highest BCUT2D eigenvalue weighted by Crippen LogP contribution is 2.41. The maximum atomic E-state index is 14.7. The highest BCUT2D eigenvalue weighted by atomic mass is 32.1. The van der Waals surface area contributed by atoms with Crippen LogP contribution in [0.3, 0.4) is 0 Å². The van der Waals surface area contributed by atoms with Crippen molar-refractivity contribution in [2.45, 2.75) is 122 Å². The second-order valence-electron chi connectivity index (χ2n) is 21.5. The molecule has 7 N–H and O–H groups in total. The summed E-state index contributed by atoms with van der Waals surface area (Å²) in [6.07, 6.45) is 2.79. The van der Waals surface area contributed by atoms with E-state index in [0.29, 0.717) is 42.7 Å². The third-order valence-electron chi connectivity index (χ3n) is 14.4. The normalized spacial score (nSPS) is 17.5. The first-order chi connectivity index (χ1) is 37.7. The Kier molecular flexibility index (Phi) is 18.1. The van der Waals surface area contributed by atoms with Gasteiger partial charge in [0.15, 0.2) is 23.7 Å². The molecule has 420 valence electrons. The second-order valence-corrected chi connectivity index (χ2v) is 22.4. The van der Waals surface area contributed by atoms with Crippen molar-refractivity contribution in [3.8, 4) is 33.3 Å². The molecule has 2 fully saturated rings. The Bertz CT molecular complexity index is 3080. The second kappa shape index (κ2) is 24.9. The van der Waals surface area contributed by atoms with E-state index < -0.39 is 52.9 Å². The predicted molar refractivity (Wildman–Crippen MR) is 290 cm³/mol. The number of nitrogens with zero attached hydrogens (tertiary/aromatic N) is 4. The van der Waals surface area contributed by atoms with Crippen LogP contribution >= 0.6 is 11.3 Å². The van der Waals surface area contributed by atoms with E-state index in [1.54, 1.807) is 51.5 Å². The third-order valence-corrected chi connectivity index (χ3v) is 15.4. The molecule has 0 spiro atoms. The smallest absolute Gasteiger partial charge is 0.273 e. The number of aryl methyl sites for hydroxylation is 2. The topological polar surface area (TPSA) is 275 Å². The van der Waals surface area contributed by atoms with Gasteiger partial charge >= 0.3 is 0 Å². The molecular formula is C57H68FN9O11S. The summed E-state index contributed by atoms with van der Waals surface area (Å²) in [4.78, 5) is 100. The number of phenols is 1. The summed E-state index contributed by atoms with van der Waals surface area (Å²) in [6, 6.07) is 16.9. The lowest BCUT2D eigenvalue weighted by molar-refractivity contribution is -0.145. The fourth-order valence-corrected chi connectivity index (χ4v) is 10.5. The van der Waals surface area contributed by atoms with Gasteiger partial charge in [0.05, 0.1) is 33.8 Å². The number of hydrogen-bond donors (Lipinski definition) is 7. The summed E-state index contributed by atoms with van der Waals surface area (Å²) in [5.74, 6) is -3.16. The minimum atomic E-state index is -2.01. The van der Waals surface area contributed by atoms with E-state index in [1.807, 2.05) is 31.2 Å². The van der Waals surface area contributed by atoms with Crippen LogP contribution in [0.5, 0.6) is 11.5 Å². The SMILES string of the molecule is Cc1ncsc1-c1ccc(CNC(=O)[C@@H]2C[C@@H](O)CN2C(=O)C(NC(=O)C2(F)CC2)C(C)(C)C)c(OCC(=O)NCCCCCC(=O)NCCN(C)C(=O)c2ccc(-c3cc(C(=O)N[C@@H]4CCc5ccccc54)no3)cc2O)c1. The van der Waals surface area contributed by atoms with E-state index in [0.717, 1.165) is 34.5 Å². The molecule has 7 amide bonds. The van der Waals surface area contributed by atoms with E-state index in [4.69, 9.17) is 9.26 Å². The van der Waals surface area contributed by atoms with Gasteiger partial charge in [-0.25, -0.2) is 9.37 Å². The lowest BCUT2D eigenvalue weighted by Crippen LogP contribution is -2.59. The Hall–Kier alpha value is -7.72. The number of carbonyl (C=O) groups is 7. The number of benzene rings is 3. The number of phenolic OH excluding ortho intramolecular Hbond substituents is 1. The molecule has 1 aliphatic heterocycles. The van der Waals surface area contributed by atoms with Crippen molar-refractivity contribution in [2.75, 3.05) is 39.8 Å². The summed E-state index contributed by atoms with van der Waals surface area (Å²) < 4.78 is 26.1. The van der Waals surface area contributed by atoms with Gasteiger partial charge in [-0.3, -0.25) is 33.6 Å². The molecular weight excluding hydrogens is 1040 g/mol. The molecule has 2 aliphatic carbocycles. The van der Waals surface area contributed by atoms with E-state index in [1.165, 1.54) is 44.9 Å². The Morgan fingerprint density at radius 2 is 1.71 bits per heavy atom. The molecule has 3 aliphatic rings. The van der Waals surface area contributed by atoms with Crippen LogP contribution in [-0.2, 0) is 36.9 Å².